The van der Waals surface area contributed by atoms with Gasteiger partial charge in [-0.2, -0.15) is 5.26 Å². The molecule has 0 aliphatic rings. The van der Waals surface area contributed by atoms with Crippen molar-refractivity contribution in [2.75, 3.05) is 0 Å². The van der Waals surface area contributed by atoms with Crippen LogP contribution in [0.4, 0.5) is 0 Å². The van der Waals surface area contributed by atoms with E-state index >= 15 is 0 Å². The normalized spacial score (nSPS) is 9.83. The van der Waals surface area contributed by atoms with Crippen LogP contribution >= 0.6 is 15.9 Å². The Morgan fingerprint density at radius 2 is 1.83 bits per heavy atom. The van der Waals surface area contributed by atoms with Crippen LogP contribution in [0.15, 0.2) is 46.9 Å². The molecule has 0 radical (unpaired) electrons. The Bertz CT molecular complexity index is 602. The van der Waals surface area contributed by atoms with Gasteiger partial charge < -0.3 is 4.74 Å². The summed E-state index contributed by atoms with van der Waals surface area (Å²) in [5.41, 5.74) is 1.64. The molecule has 0 atom stereocenters. The van der Waals surface area contributed by atoms with E-state index in [-0.39, 0.29) is 0 Å². The second-order valence-electron chi connectivity index (χ2n) is 3.79. The molecule has 3 heteroatoms. The first-order valence-electron chi connectivity index (χ1n) is 5.70. The van der Waals surface area contributed by atoms with Crippen LogP contribution in [0, 0.1) is 11.3 Å². The fourth-order valence-corrected chi connectivity index (χ4v) is 2.15. The molecule has 0 aliphatic heterocycles. The van der Waals surface area contributed by atoms with Crippen molar-refractivity contribution in [3.05, 3.63) is 58.1 Å². The fourth-order valence-electron chi connectivity index (χ4n) is 1.71. The summed E-state index contributed by atoms with van der Waals surface area (Å²) >= 11 is 3.35. The molecule has 0 saturated carbocycles. The van der Waals surface area contributed by atoms with E-state index in [0.717, 1.165) is 22.2 Å². The molecule has 0 saturated heterocycles. The lowest BCUT2D eigenvalue weighted by atomic mass is 10.1. The van der Waals surface area contributed by atoms with Crippen molar-refractivity contribution < 1.29 is 4.74 Å². The van der Waals surface area contributed by atoms with Crippen LogP contribution in [-0.2, 0) is 6.42 Å². The topological polar surface area (TPSA) is 33.0 Å². The molecule has 0 bridgehead atoms. The number of hydrogen-bond acceptors (Lipinski definition) is 2. The highest BCUT2D eigenvalue weighted by Gasteiger charge is 2.09. The Morgan fingerprint density at radius 3 is 2.56 bits per heavy atom. The highest BCUT2D eigenvalue weighted by Crippen LogP contribution is 2.31. The summed E-state index contributed by atoms with van der Waals surface area (Å²) in [5, 5.41) is 9.14. The van der Waals surface area contributed by atoms with E-state index in [2.05, 4.69) is 28.9 Å². The van der Waals surface area contributed by atoms with Gasteiger partial charge in [0.1, 0.15) is 23.1 Å². The molecule has 2 nitrogen and oxygen atoms in total. The Hall–Kier alpha value is -1.79. The summed E-state index contributed by atoms with van der Waals surface area (Å²) in [4.78, 5) is 0. The first-order valence-corrected chi connectivity index (χ1v) is 6.50. The monoisotopic (exact) mass is 301 g/mol. The third-order valence-corrected chi connectivity index (χ3v) is 3.32. The van der Waals surface area contributed by atoms with Gasteiger partial charge in [-0.25, -0.2) is 0 Å². The standard InChI is InChI=1S/C15H12BrNO/c1-2-11-6-3-4-8-14(11)18-15-9-5-7-13(16)12(15)10-17/h3-9H,2H2,1H3. The molecule has 0 N–H and O–H groups in total. The van der Waals surface area contributed by atoms with Gasteiger partial charge in [0, 0.05) is 4.47 Å². The minimum Gasteiger partial charge on any atom is -0.456 e. The summed E-state index contributed by atoms with van der Waals surface area (Å²) in [7, 11) is 0. The zero-order valence-electron chi connectivity index (χ0n) is 9.98. The predicted molar refractivity (Wildman–Crippen MR) is 74.8 cm³/mol. The third-order valence-electron chi connectivity index (χ3n) is 2.66. The van der Waals surface area contributed by atoms with Gasteiger partial charge in [0.05, 0.1) is 0 Å². The van der Waals surface area contributed by atoms with E-state index in [1.54, 1.807) is 6.07 Å². The maximum Gasteiger partial charge on any atom is 0.146 e. The van der Waals surface area contributed by atoms with Gasteiger partial charge in [-0.1, -0.05) is 31.2 Å². The van der Waals surface area contributed by atoms with E-state index in [1.807, 2.05) is 36.4 Å². The van der Waals surface area contributed by atoms with Crippen molar-refractivity contribution in [1.29, 1.82) is 5.26 Å². The Kier molecular flexibility index (Phi) is 4.01. The lowest BCUT2D eigenvalue weighted by molar-refractivity contribution is 0.475. The molecular weight excluding hydrogens is 290 g/mol. The summed E-state index contributed by atoms with van der Waals surface area (Å²) in [6.07, 6.45) is 0.895. The lowest BCUT2D eigenvalue weighted by Crippen LogP contribution is -1.92. The number of rotatable bonds is 3. The zero-order chi connectivity index (χ0) is 13.0. The van der Waals surface area contributed by atoms with Gasteiger partial charge >= 0.3 is 0 Å². The Balaban J connectivity index is 2.41. The third kappa shape index (κ3) is 2.55. The molecule has 18 heavy (non-hydrogen) atoms. The molecular formula is C15H12BrNO. The van der Waals surface area contributed by atoms with Gasteiger partial charge in [0.2, 0.25) is 0 Å². The lowest BCUT2D eigenvalue weighted by Gasteiger charge is -2.11. The van der Waals surface area contributed by atoms with Crippen LogP contribution in [0.5, 0.6) is 11.5 Å². The van der Waals surface area contributed by atoms with Crippen molar-refractivity contribution in [1.82, 2.24) is 0 Å². The van der Waals surface area contributed by atoms with Crippen molar-refractivity contribution in [2.45, 2.75) is 13.3 Å². The number of nitriles is 1. The second kappa shape index (κ2) is 5.70. The molecule has 2 aromatic rings. The average molecular weight is 302 g/mol. The molecule has 0 aromatic heterocycles. The number of halogens is 1. The van der Waals surface area contributed by atoms with Gasteiger partial charge in [-0.05, 0) is 46.1 Å². The number of nitrogens with zero attached hydrogens (tertiary/aromatic N) is 1. The van der Waals surface area contributed by atoms with Crippen molar-refractivity contribution in [2.24, 2.45) is 0 Å². The molecule has 0 unspecified atom stereocenters. The van der Waals surface area contributed by atoms with Crippen LogP contribution in [0.25, 0.3) is 0 Å². The SMILES string of the molecule is CCc1ccccc1Oc1cccc(Br)c1C#N. The number of ether oxygens (including phenoxy) is 1. The summed E-state index contributed by atoms with van der Waals surface area (Å²) < 4.78 is 6.60. The van der Waals surface area contributed by atoms with Crippen molar-refractivity contribution >= 4 is 15.9 Å². The maximum atomic E-state index is 9.14. The number of hydrogen-bond donors (Lipinski definition) is 0. The molecule has 0 spiro atoms. The minimum absolute atomic E-state index is 0.517. The molecule has 2 aromatic carbocycles. The van der Waals surface area contributed by atoms with Gasteiger partial charge in [0.15, 0.2) is 0 Å². The van der Waals surface area contributed by atoms with Crippen LogP contribution in [-0.4, -0.2) is 0 Å². The molecule has 0 amide bonds. The summed E-state index contributed by atoms with van der Waals surface area (Å²) in [6, 6.07) is 15.5. The van der Waals surface area contributed by atoms with Crippen LogP contribution < -0.4 is 4.74 Å². The molecule has 0 aliphatic carbocycles. The number of aryl methyl sites for hydroxylation is 1. The highest BCUT2D eigenvalue weighted by molar-refractivity contribution is 9.10. The van der Waals surface area contributed by atoms with Gasteiger partial charge in [-0.15, -0.1) is 0 Å². The minimum atomic E-state index is 0.517. The Labute approximate surface area is 115 Å². The van der Waals surface area contributed by atoms with Crippen LogP contribution in [0.1, 0.15) is 18.1 Å². The van der Waals surface area contributed by atoms with Gasteiger partial charge in [-0.3, -0.25) is 0 Å². The fraction of sp³-hybridized carbons (Fsp3) is 0.133. The molecule has 2 rings (SSSR count). The summed E-state index contributed by atoms with van der Waals surface area (Å²) in [6.45, 7) is 2.08. The highest BCUT2D eigenvalue weighted by atomic mass is 79.9. The van der Waals surface area contributed by atoms with Crippen molar-refractivity contribution in [3.8, 4) is 17.6 Å². The predicted octanol–water partition coefficient (Wildman–Crippen LogP) is 4.68. The Morgan fingerprint density at radius 1 is 1.11 bits per heavy atom. The van der Waals surface area contributed by atoms with Gasteiger partial charge in [0.25, 0.3) is 0 Å². The smallest absolute Gasteiger partial charge is 0.146 e. The maximum absolute atomic E-state index is 9.14. The second-order valence-corrected chi connectivity index (χ2v) is 4.64. The molecule has 0 heterocycles. The van der Waals surface area contributed by atoms with E-state index in [0.29, 0.717) is 11.3 Å². The van der Waals surface area contributed by atoms with E-state index < -0.39 is 0 Å². The van der Waals surface area contributed by atoms with E-state index in [4.69, 9.17) is 10.00 Å². The van der Waals surface area contributed by atoms with Crippen LogP contribution in [0.2, 0.25) is 0 Å². The van der Waals surface area contributed by atoms with Crippen LogP contribution in [0.3, 0.4) is 0 Å². The molecule has 90 valence electrons. The first kappa shape index (κ1) is 12.7. The largest absolute Gasteiger partial charge is 0.456 e. The average Bonchev–Trinajstić information content (AvgIpc) is 2.40. The summed E-state index contributed by atoms with van der Waals surface area (Å²) in [5.74, 6) is 1.38. The molecule has 0 fully saturated rings. The quantitative estimate of drug-likeness (QED) is 0.825. The number of para-hydroxylation sites is 1. The van der Waals surface area contributed by atoms with E-state index in [9.17, 15) is 0 Å². The first-order chi connectivity index (χ1) is 8.76. The van der Waals surface area contributed by atoms with E-state index in [1.165, 1.54) is 0 Å². The van der Waals surface area contributed by atoms with Crippen molar-refractivity contribution in [3.63, 3.8) is 0 Å². The number of benzene rings is 2. The zero-order valence-corrected chi connectivity index (χ0v) is 11.6.